The van der Waals surface area contributed by atoms with Crippen molar-refractivity contribution in [1.29, 1.82) is 0 Å². The minimum absolute atomic E-state index is 0.206. The molecule has 0 aliphatic carbocycles. The Kier molecular flexibility index (Phi) is 2.90. The number of hydrogen-bond acceptors (Lipinski definition) is 4. The summed E-state index contributed by atoms with van der Waals surface area (Å²) in [5, 5.41) is 12.3. The molecular weight excluding hydrogens is 172 g/mol. The van der Waals surface area contributed by atoms with Gasteiger partial charge in [-0.3, -0.25) is 10.1 Å². The lowest BCUT2D eigenvalue weighted by Crippen LogP contribution is -2.57. The third-order valence-corrected chi connectivity index (χ3v) is 2.21. The van der Waals surface area contributed by atoms with Gasteiger partial charge in [-0.2, -0.15) is 0 Å². The molecular formula is C8H16N2O3. The van der Waals surface area contributed by atoms with Gasteiger partial charge in [-0.15, -0.1) is 0 Å². The molecule has 0 bridgehead atoms. The number of rotatable bonds is 3. The van der Waals surface area contributed by atoms with Gasteiger partial charge in [0.05, 0.1) is 30.9 Å². The lowest BCUT2D eigenvalue weighted by molar-refractivity contribution is -0.123. The van der Waals surface area contributed by atoms with Gasteiger partial charge in [0.2, 0.25) is 5.91 Å². The van der Waals surface area contributed by atoms with Crippen molar-refractivity contribution in [3.05, 3.63) is 0 Å². The number of ether oxygens (including phenoxy) is 1. The molecule has 0 radical (unpaired) electrons. The fraction of sp³-hybridized carbons (Fsp3) is 0.875. The summed E-state index contributed by atoms with van der Waals surface area (Å²) in [7, 11) is 0. The Morgan fingerprint density at radius 1 is 1.62 bits per heavy atom. The van der Waals surface area contributed by atoms with Crippen LogP contribution in [0.25, 0.3) is 0 Å². The van der Waals surface area contributed by atoms with Gasteiger partial charge in [-0.1, -0.05) is 0 Å². The molecule has 1 aliphatic rings. The second-order valence-corrected chi connectivity index (χ2v) is 3.84. The van der Waals surface area contributed by atoms with Crippen molar-refractivity contribution >= 4 is 5.91 Å². The Hall–Kier alpha value is -0.650. The molecule has 1 heterocycles. The predicted molar refractivity (Wildman–Crippen MR) is 47.0 cm³/mol. The van der Waals surface area contributed by atoms with Crippen molar-refractivity contribution in [2.45, 2.75) is 31.5 Å². The summed E-state index contributed by atoms with van der Waals surface area (Å²) >= 11 is 0. The first-order valence-electron chi connectivity index (χ1n) is 4.27. The topological polar surface area (TPSA) is 84.6 Å². The number of primary amides is 1. The highest BCUT2D eigenvalue weighted by Gasteiger charge is 2.34. The van der Waals surface area contributed by atoms with Crippen molar-refractivity contribution in [1.82, 2.24) is 5.32 Å². The van der Waals surface area contributed by atoms with E-state index in [1.165, 1.54) is 0 Å². The molecule has 0 saturated carbocycles. The minimum atomic E-state index is -0.806. The van der Waals surface area contributed by atoms with Gasteiger partial charge in [-0.05, 0) is 13.8 Å². The average molecular weight is 188 g/mol. The van der Waals surface area contributed by atoms with Crippen LogP contribution < -0.4 is 11.1 Å². The van der Waals surface area contributed by atoms with Crippen molar-refractivity contribution in [2.75, 3.05) is 13.2 Å². The second kappa shape index (κ2) is 3.61. The minimum Gasteiger partial charge on any atom is -0.389 e. The first-order chi connectivity index (χ1) is 5.93. The summed E-state index contributed by atoms with van der Waals surface area (Å²) in [5.41, 5.74) is 4.36. The molecule has 4 N–H and O–H groups in total. The van der Waals surface area contributed by atoms with E-state index in [0.29, 0.717) is 13.2 Å². The zero-order chi connectivity index (χ0) is 10.1. The summed E-state index contributed by atoms with van der Waals surface area (Å²) in [4.78, 5) is 11.0. The quantitative estimate of drug-likeness (QED) is 0.508. The average Bonchev–Trinajstić information content (AvgIpc) is 2.35. The van der Waals surface area contributed by atoms with E-state index in [1.807, 2.05) is 0 Å². The summed E-state index contributed by atoms with van der Waals surface area (Å²) < 4.78 is 5.03. The number of nitrogens with two attached hydrogens (primary N) is 1. The highest BCUT2D eigenvalue weighted by atomic mass is 16.5. The fourth-order valence-electron chi connectivity index (χ4n) is 1.22. The van der Waals surface area contributed by atoms with Crippen molar-refractivity contribution in [2.24, 2.45) is 5.73 Å². The molecule has 0 aromatic carbocycles. The van der Waals surface area contributed by atoms with E-state index in [9.17, 15) is 9.90 Å². The Morgan fingerprint density at radius 3 is 2.62 bits per heavy atom. The van der Waals surface area contributed by atoms with Gasteiger partial charge < -0.3 is 15.6 Å². The summed E-state index contributed by atoms with van der Waals surface area (Å²) in [6, 6.07) is -0.206. The number of hydrogen-bond donors (Lipinski definition) is 3. The van der Waals surface area contributed by atoms with E-state index >= 15 is 0 Å². The van der Waals surface area contributed by atoms with Crippen LogP contribution in [0.4, 0.5) is 0 Å². The molecule has 1 rings (SSSR count). The molecule has 0 aromatic rings. The number of amides is 1. The highest BCUT2D eigenvalue weighted by Crippen LogP contribution is 2.10. The third kappa shape index (κ3) is 2.40. The zero-order valence-corrected chi connectivity index (χ0v) is 7.91. The van der Waals surface area contributed by atoms with E-state index < -0.39 is 17.6 Å². The van der Waals surface area contributed by atoms with Crippen LogP contribution in [0.3, 0.4) is 0 Å². The second-order valence-electron chi connectivity index (χ2n) is 3.84. The lowest BCUT2D eigenvalue weighted by atomic mass is 10.0. The zero-order valence-electron chi connectivity index (χ0n) is 7.91. The van der Waals surface area contributed by atoms with Gasteiger partial charge in [0, 0.05) is 0 Å². The maximum Gasteiger partial charge on any atom is 0.237 e. The SMILES string of the molecule is CC(C)(NC1COCC1O)C(N)=O. The Balaban J connectivity index is 2.52. The van der Waals surface area contributed by atoms with Crippen LogP contribution in [-0.4, -0.2) is 41.9 Å². The van der Waals surface area contributed by atoms with Gasteiger partial charge in [0.15, 0.2) is 0 Å². The molecule has 1 saturated heterocycles. The number of aliphatic hydroxyl groups excluding tert-OH is 1. The molecule has 0 spiro atoms. The standard InChI is InChI=1S/C8H16N2O3/c1-8(2,7(9)12)10-5-3-13-4-6(5)11/h5-6,10-11H,3-4H2,1-2H3,(H2,9,12). The van der Waals surface area contributed by atoms with Crippen molar-refractivity contribution in [3.8, 4) is 0 Å². The summed E-state index contributed by atoms with van der Waals surface area (Å²) in [5.74, 6) is -0.438. The van der Waals surface area contributed by atoms with E-state index in [4.69, 9.17) is 10.5 Å². The van der Waals surface area contributed by atoms with E-state index in [0.717, 1.165) is 0 Å². The van der Waals surface area contributed by atoms with Crippen molar-refractivity contribution in [3.63, 3.8) is 0 Å². The van der Waals surface area contributed by atoms with Crippen molar-refractivity contribution < 1.29 is 14.6 Å². The van der Waals surface area contributed by atoms with Crippen LogP contribution in [0, 0.1) is 0 Å². The van der Waals surface area contributed by atoms with E-state index in [1.54, 1.807) is 13.8 Å². The Labute approximate surface area is 77.2 Å². The third-order valence-electron chi connectivity index (χ3n) is 2.21. The fourth-order valence-corrected chi connectivity index (χ4v) is 1.22. The van der Waals surface area contributed by atoms with Gasteiger partial charge in [0.25, 0.3) is 0 Å². The van der Waals surface area contributed by atoms with Crippen LogP contribution in [0.5, 0.6) is 0 Å². The number of carbonyl (C=O) groups excluding carboxylic acids is 1. The molecule has 2 atom stereocenters. The largest absolute Gasteiger partial charge is 0.389 e. The maximum absolute atomic E-state index is 11.0. The van der Waals surface area contributed by atoms with Gasteiger partial charge in [-0.25, -0.2) is 0 Å². The predicted octanol–water partition coefficient (Wildman–Crippen LogP) is -1.40. The normalized spacial score (nSPS) is 29.2. The smallest absolute Gasteiger partial charge is 0.237 e. The number of nitrogens with one attached hydrogen (secondary N) is 1. The molecule has 76 valence electrons. The van der Waals surface area contributed by atoms with E-state index in [-0.39, 0.29) is 6.04 Å². The number of aliphatic hydroxyl groups is 1. The van der Waals surface area contributed by atoms with Crippen LogP contribution in [0.1, 0.15) is 13.8 Å². The highest BCUT2D eigenvalue weighted by molar-refractivity contribution is 5.83. The summed E-state index contributed by atoms with van der Waals surface area (Å²) in [6.45, 7) is 4.09. The Morgan fingerprint density at radius 2 is 2.23 bits per heavy atom. The van der Waals surface area contributed by atoms with Gasteiger partial charge in [0.1, 0.15) is 0 Å². The molecule has 5 heteroatoms. The van der Waals surface area contributed by atoms with Gasteiger partial charge >= 0.3 is 0 Å². The molecule has 1 aliphatic heterocycles. The van der Waals surface area contributed by atoms with Crippen LogP contribution in [0.2, 0.25) is 0 Å². The molecule has 5 nitrogen and oxygen atoms in total. The van der Waals surface area contributed by atoms with Crippen LogP contribution in [0.15, 0.2) is 0 Å². The van der Waals surface area contributed by atoms with E-state index in [2.05, 4.69) is 5.32 Å². The van der Waals surface area contributed by atoms with Crippen LogP contribution >= 0.6 is 0 Å². The molecule has 1 amide bonds. The number of carbonyl (C=O) groups is 1. The monoisotopic (exact) mass is 188 g/mol. The molecule has 13 heavy (non-hydrogen) atoms. The molecule has 0 aromatic heterocycles. The maximum atomic E-state index is 11.0. The molecule has 1 fully saturated rings. The Bertz CT molecular complexity index is 206. The molecule has 2 unspecified atom stereocenters. The lowest BCUT2D eigenvalue weighted by Gasteiger charge is -2.27. The summed E-state index contributed by atoms with van der Waals surface area (Å²) in [6.07, 6.45) is -0.557. The first kappa shape index (κ1) is 10.4. The first-order valence-corrected chi connectivity index (χ1v) is 4.27. The van der Waals surface area contributed by atoms with Crippen LogP contribution in [-0.2, 0) is 9.53 Å².